The lowest BCUT2D eigenvalue weighted by Gasteiger charge is -2.07. The van der Waals surface area contributed by atoms with E-state index in [2.05, 4.69) is 20.0 Å². The fraction of sp³-hybridized carbons (Fsp3) is 0.211. The van der Waals surface area contributed by atoms with Crippen LogP contribution in [0, 0.1) is 0 Å². The summed E-state index contributed by atoms with van der Waals surface area (Å²) in [7, 11) is -4.07. The molecule has 2 aromatic heterocycles. The number of aliphatic carboxylic acids is 1. The van der Waals surface area contributed by atoms with E-state index in [1.165, 1.54) is 29.6 Å². The fourth-order valence-corrected chi connectivity index (χ4v) is 5.26. The summed E-state index contributed by atoms with van der Waals surface area (Å²) in [4.78, 5) is 42.8. The van der Waals surface area contributed by atoms with Gasteiger partial charge in [0.1, 0.15) is 0 Å². The van der Waals surface area contributed by atoms with Gasteiger partial charge in [-0.3, -0.25) is 24.4 Å². The molecule has 2 heterocycles. The summed E-state index contributed by atoms with van der Waals surface area (Å²) >= 11 is 2.07. The monoisotopic (exact) mass is 510 g/mol. The van der Waals surface area contributed by atoms with Crippen LogP contribution in [0.4, 0.5) is 10.3 Å². The van der Waals surface area contributed by atoms with Crippen LogP contribution < -0.4 is 10.0 Å². The number of ether oxygens (including phenoxy) is 1. The largest absolute Gasteiger partial charge is 0.481 e. The van der Waals surface area contributed by atoms with Crippen LogP contribution in [0.5, 0.6) is 0 Å². The molecular formula is C19H18N4O7S3. The van der Waals surface area contributed by atoms with Crippen molar-refractivity contribution in [3.8, 4) is 0 Å². The summed E-state index contributed by atoms with van der Waals surface area (Å²) in [5, 5.41) is 14.7. The number of benzene rings is 1. The number of esters is 1. The summed E-state index contributed by atoms with van der Waals surface area (Å²) < 4.78 is 32.5. The van der Waals surface area contributed by atoms with Gasteiger partial charge in [-0.05, 0) is 25.1 Å². The molecule has 0 aliphatic heterocycles. The number of nitrogens with one attached hydrogen (secondary N) is 2. The van der Waals surface area contributed by atoms with Crippen LogP contribution in [-0.2, 0) is 37.2 Å². The van der Waals surface area contributed by atoms with Gasteiger partial charge in [0.2, 0.25) is 0 Å². The van der Waals surface area contributed by atoms with E-state index < -0.39 is 27.9 Å². The van der Waals surface area contributed by atoms with Crippen LogP contribution in [0.3, 0.4) is 0 Å². The number of anilines is 2. The first-order valence-electron chi connectivity index (χ1n) is 9.36. The molecule has 0 aliphatic carbocycles. The van der Waals surface area contributed by atoms with Gasteiger partial charge in [0.25, 0.3) is 15.9 Å². The Morgan fingerprint density at radius 2 is 1.73 bits per heavy atom. The summed E-state index contributed by atoms with van der Waals surface area (Å²) in [6, 6.07) is 5.35. The lowest BCUT2D eigenvalue weighted by atomic mass is 10.2. The number of thiazole rings is 2. The lowest BCUT2D eigenvalue weighted by Crippen LogP contribution is -2.16. The zero-order valence-corrected chi connectivity index (χ0v) is 19.6. The van der Waals surface area contributed by atoms with E-state index in [0.717, 1.165) is 22.7 Å². The lowest BCUT2D eigenvalue weighted by molar-refractivity contribution is -0.142. The van der Waals surface area contributed by atoms with Crippen LogP contribution in [0.2, 0.25) is 0 Å². The second-order valence-corrected chi connectivity index (χ2v) is 9.83. The third-order valence-electron chi connectivity index (χ3n) is 3.92. The topological polar surface area (TPSA) is 165 Å². The van der Waals surface area contributed by atoms with Crippen LogP contribution in [-0.4, -0.2) is 47.9 Å². The third kappa shape index (κ3) is 6.81. The minimum Gasteiger partial charge on any atom is -0.481 e. The van der Waals surface area contributed by atoms with Crippen molar-refractivity contribution in [3.05, 3.63) is 52.0 Å². The van der Waals surface area contributed by atoms with Crippen molar-refractivity contribution < 1.29 is 32.6 Å². The molecule has 174 valence electrons. The Balaban J connectivity index is 1.69. The number of amides is 1. The molecule has 0 saturated heterocycles. The molecule has 0 atom stereocenters. The Bertz CT molecular complexity index is 1280. The van der Waals surface area contributed by atoms with Gasteiger partial charge >= 0.3 is 11.9 Å². The molecule has 3 aromatic rings. The molecule has 3 N–H and O–H groups in total. The Kier molecular flexibility index (Phi) is 7.73. The van der Waals surface area contributed by atoms with Crippen LogP contribution in [0.15, 0.2) is 39.9 Å². The standard InChI is InChI=1S/C19H18N4O7S3/c1-2-30-16(26)8-13-10-31-18(20-13)22-17(27)11-4-3-5-14(6-11)33(28,29)23-19-21-12(9-32-19)7-15(24)25/h3-6,9-10H,2,7-8H2,1H3,(H,21,23)(H,24,25)(H,20,22,27). The number of rotatable bonds is 10. The Hall–Kier alpha value is -3.36. The highest BCUT2D eigenvalue weighted by Gasteiger charge is 2.19. The molecule has 11 nitrogen and oxygen atoms in total. The van der Waals surface area contributed by atoms with E-state index in [4.69, 9.17) is 9.84 Å². The third-order valence-corrected chi connectivity index (χ3v) is 6.99. The van der Waals surface area contributed by atoms with E-state index in [-0.39, 0.29) is 45.9 Å². The van der Waals surface area contributed by atoms with Crippen molar-refractivity contribution in [1.29, 1.82) is 0 Å². The summed E-state index contributed by atoms with van der Waals surface area (Å²) in [5.74, 6) is -2.09. The first kappa shape index (κ1) is 24.3. The Labute approximate surface area is 196 Å². The normalized spacial score (nSPS) is 11.1. The average molecular weight is 511 g/mol. The molecular weight excluding hydrogens is 492 g/mol. The zero-order chi connectivity index (χ0) is 24.0. The van der Waals surface area contributed by atoms with Crippen molar-refractivity contribution in [2.45, 2.75) is 24.7 Å². The van der Waals surface area contributed by atoms with Gasteiger partial charge in [0.15, 0.2) is 10.3 Å². The molecule has 33 heavy (non-hydrogen) atoms. The maximum Gasteiger partial charge on any atom is 0.311 e. The number of carboxylic acids is 1. The maximum atomic E-state index is 12.7. The van der Waals surface area contributed by atoms with E-state index in [1.807, 2.05) is 0 Å². The van der Waals surface area contributed by atoms with Crippen molar-refractivity contribution >= 4 is 60.8 Å². The number of carbonyl (C=O) groups is 3. The molecule has 1 amide bonds. The number of nitrogens with zero attached hydrogens (tertiary/aromatic N) is 2. The molecule has 0 radical (unpaired) electrons. The first-order chi connectivity index (χ1) is 15.7. The van der Waals surface area contributed by atoms with Crippen molar-refractivity contribution in [2.75, 3.05) is 16.6 Å². The van der Waals surface area contributed by atoms with E-state index in [9.17, 15) is 22.8 Å². The first-order valence-corrected chi connectivity index (χ1v) is 12.6. The average Bonchev–Trinajstić information content (AvgIpc) is 3.36. The van der Waals surface area contributed by atoms with Crippen LogP contribution in [0.25, 0.3) is 0 Å². The molecule has 1 aromatic carbocycles. The predicted molar refractivity (Wildman–Crippen MR) is 121 cm³/mol. The number of hydrogen-bond donors (Lipinski definition) is 3. The highest BCUT2D eigenvalue weighted by Crippen LogP contribution is 2.22. The van der Waals surface area contributed by atoms with Gasteiger partial charge < -0.3 is 9.84 Å². The number of aromatic nitrogens is 2. The molecule has 0 bridgehead atoms. The highest BCUT2D eigenvalue weighted by molar-refractivity contribution is 7.93. The Morgan fingerprint density at radius 3 is 2.42 bits per heavy atom. The fourth-order valence-electron chi connectivity index (χ4n) is 2.54. The molecule has 3 rings (SSSR count). The molecule has 0 unspecified atom stereocenters. The maximum absolute atomic E-state index is 12.7. The second kappa shape index (κ2) is 10.5. The Morgan fingerprint density at radius 1 is 1.06 bits per heavy atom. The van der Waals surface area contributed by atoms with Gasteiger partial charge in [-0.15, -0.1) is 22.7 Å². The van der Waals surface area contributed by atoms with E-state index in [0.29, 0.717) is 5.69 Å². The van der Waals surface area contributed by atoms with Crippen molar-refractivity contribution in [2.24, 2.45) is 0 Å². The quantitative estimate of drug-likeness (QED) is 0.347. The molecule has 0 spiro atoms. The number of hydrogen-bond acceptors (Lipinski definition) is 10. The summed E-state index contributed by atoms with van der Waals surface area (Å²) in [6.07, 6.45) is -0.351. The van der Waals surface area contributed by atoms with Crippen molar-refractivity contribution in [1.82, 2.24) is 9.97 Å². The second-order valence-electron chi connectivity index (χ2n) is 6.43. The molecule has 0 aliphatic rings. The van der Waals surface area contributed by atoms with Gasteiger partial charge in [0, 0.05) is 16.3 Å². The minimum absolute atomic E-state index is 0.0121. The zero-order valence-electron chi connectivity index (χ0n) is 17.1. The van der Waals surface area contributed by atoms with E-state index >= 15 is 0 Å². The minimum atomic E-state index is -4.07. The van der Waals surface area contributed by atoms with Gasteiger partial charge in [-0.25, -0.2) is 18.4 Å². The van der Waals surface area contributed by atoms with Crippen molar-refractivity contribution in [3.63, 3.8) is 0 Å². The smallest absolute Gasteiger partial charge is 0.311 e. The molecule has 14 heteroatoms. The van der Waals surface area contributed by atoms with Crippen LogP contribution >= 0.6 is 22.7 Å². The van der Waals surface area contributed by atoms with Gasteiger partial charge in [-0.2, -0.15) is 0 Å². The van der Waals surface area contributed by atoms with E-state index in [1.54, 1.807) is 12.3 Å². The highest BCUT2D eigenvalue weighted by atomic mass is 32.2. The SMILES string of the molecule is CCOC(=O)Cc1csc(NC(=O)c2cccc(S(=O)(=O)Nc3nc(CC(=O)O)cs3)c2)n1. The van der Waals surface area contributed by atoms with Crippen LogP contribution in [0.1, 0.15) is 28.7 Å². The number of sulfonamides is 1. The van der Waals surface area contributed by atoms with Gasteiger partial charge in [-0.1, -0.05) is 6.07 Å². The number of carboxylic acid groups (broad SMARTS) is 1. The molecule has 0 saturated carbocycles. The number of carbonyl (C=O) groups excluding carboxylic acids is 2. The summed E-state index contributed by atoms with van der Waals surface area (Å²) in [6.45, 7) is 1.95. The summed E-state index contributed by atoms with van der Waals surface area (Å²) in [5.41, 5.74) is 0.745. The predicted octanol–water partition coefficient (Wildman–Crippen LogP) is 2.39. The van der Waals surface area contributed by atoms with Gasteiger partial charge in [0.05, 0.1) is 35.7 Å². The molecule has 0 fully saturated rings.